The van der Waals surface area contributed by atoms with Crippen LogP contribution in [-0.2, 0) is 0 Å². The second-order valence-electron chi connectivity index (χ2n) is 4.97. The highest BCUT2D eigenvalue weighted by atomic mass is 16.3. The van der Waals surface area contributed by atoms with Crippen molar-refractivity contribution in [3.05, 3.63) is 34.9 Å². The van der Waals surface area contributed by atoms with Gasteiger partial charge in [-0.2, -0.15) is 0 Å². The second-order valence-corrected chi connectivity index (χ2v) is 4.97. The molecule has 0 aromatic carbocycles. The minimum absolute atomic E-state index is 0.150. The highest BCUT2D eigenvalue weighted by Gasteiger charge is 2.14. The van der Waals surface area contributed by atoms with E-state index in [2.05, 4.69) is 23.9 Å². The van der Waals surface area contributed by atoms with Crippen molar-refractivity contribution in [1.29, 1.82) is 0 Å². The van der Waals surface area contributed by atoms with E-state index in [1.807, 2.05) is 6.92 Å². The van der Waals surface area contributed by atoms with Gasteiger partial charge >= 0.3 is 0 Å². The number of rotatable bonds is 3. The third-order valence-corrected chi connectivity index (χ3v) is 3.21. The van der Waals surface area contributed by atoms with E-state index in [0.717, 1.165) is 17.9 Å². The number of hydrogen-bond acceptors (Lipinski definition) is 3. The van der Waals surface area contributed by atoms with E-state index < -0.39 is 0 Å². The Hall–Kier alpha value is -1.71. The van der Waals surface area contributed by atoms with Crippen molar-refractivity contribution in [2.75, 3.05) is 0 Å². The Kier molecular flexibility index (Phi) is 3.75. The van der Waals surface area contributed by atoms with Crippen molar-refractivity contribution in [2.24, 2.45) is 5.92 Å². The number of nitrogens with one attached hydrogen (secondary N) is 2. The average molecular weight is 248 g/mol. The van der Waals surface area contributed by atoms with Crippen molar-refractivity contribution >= 4 is 5.91 Å². The summed E-state index contributed by atoms with van der Waals surface area (Å²) in [7, 11) is 0. The Labute approximate surface area is 107 Å². The van der Waals surface area contributed by atoms with Crippen molar-refractivity contribution < 1.29 is 9.21 Å². The number of allylic oxidation sites excluding steroid dienone is 2. The van der Waals surface area contributed by atoms with E-state index >= 15 is 0 Å². The molecular formula is C14H20N2O2. The van der Waals surface area contributed by atoms with Gasteiger partial charge in [0.2, 0.25) is 0 Å². The molecule has 1 aliphatic carbocycles. The van der Waals surface area contributed by atoms with Gasteiger partial charge in [-0.15, -0.1) is 0 Å². The van der Waals surface area contributed by atoms with Gasteiger partial charge in [-0.25, -0.2) is 0 Å². The van der Waals surface area contributed by atoms with E-state index in [9.17, 15) is 4.79 Å². The highest BCUT2D eigenvalue weighted by molar-refractivity contribution is 5.95. The summed E-state index contributed by atoms with van der Waals surface area (Å²) in [6.45, 7) is 5.82. The number of hydrogen-bond donors (Lipinski definition) is 2. The summed E-state index contributed by atoms with van der Waals surface area (Å²) in [4.78, 5) is 11.9. The summed E-state index contributed by atoms with van der Waals surface area (Å²) >= 11 is 0. The zero-order chi connectivity index (χ0) is 13.1. The third kappa shape index (κ3) is 2.94. The maximum atomic E-state index is 11.9. The Balaban J connectivity index is 1.94. The molecule has 0 bridgehead atoms. The molecule has 1 aliphatic rings. The van der Waals surface area contributed by atoms with E-state index in [0.29, 0.717) is 17.2 Å². The molecule has 2 N–H and O–H groups in total. The molecule has 98 valence electrons. The van der Waals surface area contributed by atoms with E-state index in [1.165, 1.54) is 12.8 Å². The molecule has 1 amide bonds. The Morgan fingerprint density at radius 3 is 2.83 bits per heavy atom. The van der Waals surface area contributed by atoms with E-state index in [4.69, 9.17) is 4.42 Å². The predicted octanol–water partition coefficient (Wildman–Crippen LogP) is 2.83. The van der Waals surface area contributed by atoms with Crippen LogP contribution in [0.15, 0.2) is 22.3 Å². The van der Waals surface area contributed by atoms with Crippen molar-refractivity contribution in [3.8, 4) is 0 Å². The molecule has 2 rings (SSSR count). The van der Waals surface area contributed by atoms with Crippen LogP contribution >= 0.6 is 0 Å². The first-order valence-electron chi connectivity index (χ1n) is 6.40. The minimum atomic E-state index is -0.150. The van der Waals surface area contributed by atoms with Gasteiger partial charge in [0.15, 0.2) is 0 Å². The maximum Gasteiger partial charge on any atom is 0.273 e. The zero-order valence-electron chi connectivity index (χ0n) is 11.2. The number of carbonyl (C=O) groups excluding carboxylic acids is 1. The molecule has 18 heavy (non-hydrogen) atoms. The lowest BCUT2D eigenvalue weighted by Gasteiger charge is -2.19. The van der Waals surface area contributed by atoms with Gasteiger partial charge in [-0.3, -0.25) is 10.2 Å². The first-order valence-corrected chi connectivity index (χ1v) is 6.40. The van der Waals surface area contributed by atoms with Crippen LogP contribution < -0.4 is 10.9 Å². The molecule has 4 heteroatoms. The number of aryl methyl sites for hydroxylation is 2. The molecule has 0 saturated heterocycles. The Morgan fingerprint density at radius 1 is 1.44 bits per heavy atom. The smallest absolute Gasteiger partial charge is 0.273 e. The van der Waals surface area contributed by atoms with Gasteiger partial charge < -0.3 is 9.84 Å². The largest absolute Gasteiger partial charge is 0.466 e. The van der Waals surface area contributed by atoms with Gasteiger partial charge in [-0.1, -0.05) is 13.0 Å². The maximum absolute atomic E-state index is 11.9. The molecule has 4 nitrogen and oxygen atoms in total. The molecule has 0 radical (unpaired) electrons. The molecular weight excluding hydrogens is 228 g/mol. The molecule has 0 fully saturated rings. The number of amides is 1. The number of carbonyl (C=O) groups is 1. The first kappa shape index (κ1) is 12.7. The van der Waals surface area contributed by atoms with Crippen molar-refractivity contribution in [1.82, 2.24) is 10.9 Å². The van der Waals surface area contributed by atoms with Crippen LogP contribution in [0, 0.1) is 19.8 Å². The number of hydrazine groups is 1. The minimum Gasteiger partial charge on any atom is -0.466 e. The molecule has 1 atom stereocenters. The van der Waals surface area contributed by atoms with Crippen LogP contribution in [0.25, 0.3) is 0 Å². The summed E-state index contributed by atoms with van der Waals surface area (Å²) < 4.78 is 5.34. The van der Waals surface area contributed by atoms with E-state index in [1.54, 1.807) is 13.0 Å². The van der Waals surface area contributed by atoms with Crippen LogP contribution in [0.2, 0.25) is 0 Å². The monoisotopic (exact) mass is 248 g/mol. The third-order valence-electron chi connectivity index (χ3n) is 3.21. The number of furan rings is 1. The molecule has 0 saturated carbocycles. The average Bonchev–Trinajstić information content (AvgIpc) is 2.66. The molecule has 0 unspecified atom stereocenters. The summed E-state index contributed by atoms with van der Waals surface area (Å²) in [6.07, 6.45) is 5.56. The Morgan fingerprint density at radius 2 is 2.22 bits per heavy atom. The normalized spacial score (nSPS) is 19.3. The second kappa shape index (κ2) is 5.29. The van der Waals surface area contributed by atoms with Crippen molar-refractivity contribution in [2.45, 2.75) is 40.0 Å². The van der Waals surface area contributed by atoms with Crippen molar-refractivity contribution in [3.63, 3.8) is 0 Å². The fourth-order valence-electron chi connectivity index (χ4n) is 2.29. The van der Waals surface area contributed by atoms with Crippen LogP contribution in [-0.4, -0.2) is 5.91 Å². The molecule has 0 aliphatic heterocycles. The molecule has 1 aromatic heterocycles. The topological polar surface area (TPSA) is 54.3 Å². The summed E-state index contributed by atoms with van der Waals surface area (Å²) in [6, 6.07) is 1.75. The van der Waals surface area contributed by atoms with Crippen LogP contribution in [0.5, 0.6) is 0 Å². The summed E-state index contributed by atoms with van der Waals surface area (Å²) in [5.74, 6) is 1.83. The predicted molar refractivity (Wildman–Crippen MR) is 69.9 cm³/mol. The van der Waals surface area contributed by atoms with Crippen LogP contribution in [0.4, 0.5) is 0 Å². The lowest BCUT2D eigenvalue weighted by atomic mass is 9.96. The first-order chi connectivity index (χ1) is 8.56. The van der Waals surface area contributed by atoms with Gasteiger partial charge in [0.05, 0.1) is 5.56 Å². The Bertz CT molecular complexity index is 474. The van der Waals surface area contributed by atoms with Gasteiger partial charge in [0, 0.05) is 5.70 Å². The highest BCUT2D eigenvalue weighted by Crippen LogP contribution is 2.20. The molecule has 0 spiro atoms. The van der Waals surface area contributed by atoms with Crippen LogP contribution in [0.1, 0.15) is 48.1 Å². The molecule has 1 heterocycles. The zero-order valence-corrected chi connectivity index (χ0v) is 11.2. The fraction of sp³-hybridized carbons (Fsp3) is 0.500. The van der Waals surface area contributed by atoms with E-state index in [-0.39, 0.29) is 5.91 Å². The lowest BCUT2D eigenvalue weighted by molar-refractivity contribution is 0.0936. The van der Waals surface area contributed by atoms with Crippen LogP contribution in [0.3, 0.4) is 0 Å². The fourth-order valence-corrected chi connectivity index (χ4v) is 2.29. The van der Waals surface area contributed by atoms with Gasteiger partial charge in [0.25, 0.3) is 5.91 Å². The van der Waals surface area contributed by atoms with Gasteiger partial charge in [0.1, 0.15) is 11.5 Å². The standard InChI is InChI=1S/C14H20N2O2/c1-9-5-4-6-12(7-9)15-16-14(17)13-8-10(2)18-11(13)3/h7-9,15H,4-6H2,1-3H3,(H,16,17)/t9-/m0/s1. The SMILES string of the molecule is Cc1cc(C(=O)NNC2=C[C@@H](C)CCC2)c(C)o1. The van der Waals surface area contributed by atoms with Gasteiger partial charge in [-0.05, 0) is 45.1 Å². The molecule has 1 aromatic rings. The quantitative estimate of drug-likeness (QED) is 0.809. The summed E-state index contributed by atoms with van der Waals surface area (Å²) in [5.41, 5.74) is 7.42. The summed E-state index contributed by atoms with van der Waals surface area (Å²) in [5, 5.41) is 0. The lowest BCUT2D eigenvalue weighted by Crippen LogP contribution is -2.37.